The van der Waals surface area contributed by atoms with Crippen LogP contribution in [0, 0.1) is 11.8 Å². The van der Waals surface area contributed by atoms with Gasteiger partial charge in [-0.15, -0.1) is 0 Å². The lowest BCUT2D eigenvalue weighted by molar-refractivity contribution is -0.145. The highest BCUT2D eigenvalue weighted by molar-refractivity contribution is 5.83. The summed E-state index contributed by atoms with van der Waals surface area (Å²) in [7, 11) is 1.98. The summed E-state index contributed by atoms with van der Waals surface area (Å²) in [4.78, 5) is 29.4. The fraction of sp³-hybridized carbons (Fsp3) is 0.667. The Bertz CT molecular complexity index is 885. The van der Waals surface area contributed by atoms with Crippen molar-refractivity contribution in [1.82, 2.24) is 29.9 Å². The first-order valence-corrected chi connectivity index (χ1v) is 9.50. The van der Waals surface area contributed by atoms with Crippen LogP contribution in [0.2, 0.25) is 0 Å². The first-order chi connectivity index (χ1) is 12.6. The highest BCUT2D eigenvalue weighted by atomic mass is 16.2. The molecule has 2 bridgehead atoms. The highest BCUT2D eigenvalue weighted by Crippen LogP contribution is 2.64. The summed E-state index contributed by atoms with van der Waals surface area (Å²) in [6.45, 7) is 1.48. The van der Waals surface area contributed by atoms with E-state index in [1.165, 1.54) is 5.69 Å². The van der Waals surface area contributed by atoms with Crippen molar-refractivity contribution in [3.63, 3.8) is 0 Å². The van der Waals surface area contributed by atoms with Crippen LogP contribution in [-0.4, -0.2) is 48.9 Å². The van der Waals surface area contributed by atoms with Crippen molar-refractivity contribution in [3.05, 3.63) is 34.3 Å². The Kier molecular flexibility index (Phi) is 3.39. The number of amides is 1. The van der Waals surface area contributed by atoms with Gasteiger partial charge in [-0.3, -0.25) is 14.5 Å². The van der Waals surface area contributed by atoms with Gasteiger partial charge in [-0.2, -0.15) is 10.2 Å². The molecular formula is C18H24N6O2. The molecule has 0 spiro atoms. The van der Waals surface area contributed by atoms with Crippen LogP contribution < -0.4 is 5.69 Å². The van der Waals surface area contributed by atoms with Crippen LogP contribution in [0.5, 0.6) is 0 Å². The maximum absolute atomic E-state index is 13.3. The smallest absolute Gasteiger partial charge is 0.340 e. The van der Waals surface area contributed by atoms with Crippen LogP contribution in [0.1, 0.15) is 49.5 Å². The zero-order valence-electron chi connectivity index (χ0n) is 14.9. The Balaban J connectivity index is 1.31. The first kappa shape index (κ1) is 15.8. The molecule has 3 aliphatic carbocycles. The molecule has 2 aromatic heterocycles. The predicted molar refractivity (Wildman–Crippen MR) is 93.5 cm³/mol. The van der Waals surface area contributed by atoms with Crippen molar-refractivity contribution in [1.29, 1.82) is 0 Å². The molecule has 1 amide bonds. The average molecular weight is 356 g/mol. The molecule has 26 heavy (non-hydrogen) atoms. The van der Waals surface area contributed by atoms with Crippen molar-refractivity contribution in [2.75, 3.05) is 13.1 Å². The number of carbonyl (C=O) groups is 1. The van der Waals surface area contributed by atoms with E-state index in [0.29, 0.717) is 11.8 Å². The summed E-state index contributed by atoms with van der Waals surface area (Å²) >= 11 is 0. The fourth-order valence-corrected chi connectivity index (χ4v) is 5.71. The second-order valence-electron chi connectivity index (χ2n) is 8.14. The lowest BCUT2D eigenvalue weighted by Gasteiger charge is -2.48. The second kappa shape index (κ2) is 5.56. The number of piperidine rings is 1. The van der Waals surface area contributed by atoms with Gasteiger partial charge in [0.1, 0.15) is 5.82 Å². The van der Waals surface area contributed by atoms with Gasteiger partial charge in [0.05, 0.1) is 5.92 Å². The molecule has 0 aromatic carbocycles. The van der Waals surface area contributed by atoms with E-state index in [1.807, 2.05) is 22.8 Å². The number of aryl methyl sites for hydroxylation is 1. The van der Waals surface area contributed by atoms with Crippen LogP contribution in [-0.2, 0) is 17.3 Å². The van der Waals surface area contributed by atoms with Crippen LogP contribution in [0.3, 0.4) is 0 Å². The van der Waals surface area contributed by atoms with Crippen LogP contribution in [0.4, 0.5) is 0 Å². The molecule has 8 heteroatoms. The molecule has 1 aliphatic heterocycles. The normalized spacial score (nSPS) is 31.2. The van der Waals surface area contributed by atoms with Crippen molar-refractivity contribution >= 4 is 5.91 Å². The Morgan fingerprint density at radius 2 is 2.12 bits per heavy atom. The van der Waals surface area contributed by atoms with E-state index in [2.05, 4.69) is 26.3 Å². The minimum Gasteiger partial charge on any atom is -0.342 e. The summed E-state index contributed by atoms with van der Waals surface area (Å²) in [5, 5.41) is 10.8. The number of rotatable bonds is 3. The number of fused-ring (bicyclic) bond motifs is 1. The molecule has 8 nitrogen and oxygen atoms in total. The maximum Gasteiger partial charge on any atom is 0.340 e. The molecule has 2 N–H and O–H groups in total. The third-order valence-corrected chi connectivity index (χ3v) is 6.96. The molecule has 4 aliphatic rings. The molecule has 3 heterocycles. The molecule has 3 saturated carbocycles. The van der Waals surface area contributed by atoms with Crippen LogP contribution in [0.25, 0.3) is 0 Å². The number of likely N-dealkylation sites (tertiary alicyclic amines) is 1. The summed E-state index contributed by atoms with van der Waals surface area (Å²) in [6.07, 6.45) is 6.90. The number of H-pyrrole nitrogens is 2. The van der Waals surface area contributed by atoms with E-state index in [-0.39, 0.29) is 22.9 Å². The molecule has 1 saturated heterocycles. The molecule has 2 aromatic rings. The third kappa shape index (κ3) is 2.13. The van der Waals surface area contributed by atoms with E-state index in [1.54, 1.807) is 0 Å². The number of carbonyl (C=O) groups excluding carboxylic acids is 1. The number of nitrogens with zero attached hydrogens (tertiary/aromatic N) is 4. The van der Waals surface area contributed by atoms with Crippen molar-refractivity contribution < 1.29 is 4.79 Å². The van der Waals surface area contributed by atoms with Gasteiger partial charge in [0.25, 0.3) is 0 Å². The number of hydrogen-bond acceptors (Lipinski definition) is 4. The second-order valence-corrected chi connectivity index (χ2v) is 8.14. The lowest BCUT2D eigenvalue weighted by Crippen LogP contribution is -2.55. The summed E-state index contributed by atoms with van der Waals surface area (Å²) in [6, 6.07) is 2.09. The molecule has 4 fully saturated rings. The van der Waals surface area contributed by atoms with E-state index in [0.717, 1.165) is 51.0 Å². The zero-order chi connectivity index (χ0) is 17.9. The van der Waals surface area contributed by atoms with Gasteiger partial charge in [-0.25, -0.2) is 9.89 Å². The Hall–Kier alpha value is -2.38. The fourth-order valence-electron chi connectivity index (χ4n) is 5.71. The average Bonchev–Trinajstić information content (AvgIpc) is 3.38. The molecule has 6 rings (SSSR count). The SMILES string of the molecule is Cn1nccc1[C@@]12CC[C@@H](C1)[C@@H]2C(=O)N1CCC(c2n[nH]c(=O)[nH]2)CC1. The monoisotopic (exact) mass is 356 g/mol. The quantitative estimate of drug-likeness (QED) is 0.853. The Morgan fingerprint density at radius 3 is 2.73 bits per heavy atom. The molecule has 0 unspecified atom stereocenters. The van der Waals surface area contributed by atoms with Crippen LogP contribution >= 0.6 is 0 Å². The van der Waals surface area contributed by atoms with Gasteiger partial charge < -0.3 is 4.90 Å². The zero-order valence-corrected chi connectivity index (χ0v) is 14.9. The molecule has 0 radical (unpaired) electrons. The van der Waals surface area contributed by atoms with E-state index >= 15 is 0 Å². The van der Waals surface area contributed by atoms with Crippen molar-refractivity contribution in [3.8, 4) is 0 Å². The Morgan fingerprint density at radius 1 is 1.31 bits per heavy atom. The molecule has 138 valence electrons. The van der Waals surface area contributed by atoms with Gasteiger partial charge in [-0.1, -0.05) is 0 Å². The predicted octanol–water partition coefficient (Wildman–Crippen LogP) is 0.905. The summed E-state index contributed by atoms with van der Waals surface area (Å²) in [5.41, 5.74) is 0.952. The van der Waals surface area contributed by atoms with Crippen molar-refractivity contribution in [2.24, 2.45) is 18.9 Å². The van der Waals surface area contributed by atoms with Gasteiger partial charge in [0.15, 0.2) is 0 Å². The number of hydrogen-bond donors (Lipinski definition) is 2. The third-order valence-electron chi connectivity index (χ3n) is 6.96. The molecular weight excluding hydrogens is 332 g/mol. The van der Waals surface area contributed by atoms with E-state index in [4.69, 9.17) is 0 Å². The van der Waals surface area contributed by atoms with Gasteiger partial charge in [0.2, 0.25) is 5.91 Å². The van der Waals surface area contributed by atoms with Gasteiger partial charge in [-0.05, 0) is 44.1 Å². The van der Waals surface area contributed by atoms with Gasteiger partial charge in [0, 0.05) is 43.4 Å². The summed E-state index contributed by atoms with van der Waals surface area (Å²) in [5.74, 6) is 1.89. The first-order valence-electron chi connectivity index (χ1n) is 9.50. The minimum absolute atomic E-state index is 0.00270. The maximum atomic E-state index is 13.3. The Labute approximate surface area is 151 Å². The number of aromatic amines is 2. The van der Waals surface area contributed by atoms with Crippen LogP contribution in [0.15, 0.2) is 17.1 Å². The topological polar surface area (TPSA) is 99.7 Å². The van der Waals surface area contributed by atoms with Crippen molar-refractivity contribution in [2.45, 2.75) is 43.4 Å². The van der Waals surface area contributed by atoms with E-state index < -0.39 is 0 Å². The number of aromatic nitrogens is 5. The summed E-state index contributed by atoms with van der Waals surface area (Å²) < 4.78 is 1.95. The standard InChI is InChI=1S/C18H24N6O2/c1-23-13(3-7-19-23)18-6-2-12(10-18)14(18)16(25)24-8-4-11(5-9-24)15-20-17(26)22-21-15/h3,7,11-12,14H,2,4-6,8-10H2,1H3,(H2,20,21,22,26)/t12-,14+,18+/m0/s1. The lowest BCUT2D eigenvalue weighted by atomic mass is 9.58. The highest BCUT2D eigenvalue weighted by Gasteiger charge is 2.64. The van der Waals surface area contributed by atoms with E-state index in [9.17, 15) is 9.59 Å². The number of nitrogens with one attached hydrogen (secondary N) is 2. The van der Waals surface area contributed by atoms with Gasteiger partial charge >= 0.3 is 5.69 Å². The molecule has 3 atom stereocenters. The largest absolute Gasteiger partial charge is 0.342 e. The minimum atomic E-state index is -0.261.